The minimum absolute atomic E-state index is 0.0628. The maximum atomic E-state index is 13.0. The number of carbonyl (C=O) groups is 1. The van der Waals surface area contributed by atoms with Crippen LogP contribution >= 0.6 is 15.9 Å². The fourth-order valence-electron chi connectivity index (χ4n) is 1.19. The molecule has 0 amide bonds. The number of carboxylic acid groups (broad SMARTS) is 1. The molecule has 0 fully saturated rings. The SMILES string of the molecule is O=C(O)/C=C/c1nnc(-c2ccc(F)c(Br)c2)o1. The number of halogens is 2. The van der Waals surface area contributed by atoms with Crippen molar-refractivity contribution in [3.8, 4) is 11.5 Å². The van der Waals surface area contributed by atoms with Gasteiger partial charge in [0.05, 0.1) is 4.47 Å². The Bertz CT molecular complexity index is 625. The Hall–Kier alpha value is -2.02. The molecule has 0 atom stereocenters. The van der Waals surface area contributed by atoms with E-state index in [0.717, 1.165) is 6.08 Å². The highest BCUT2D eigenvalue weighted by Gasteiger charge is 2.09. The molecule has 0 aliphatic rings. The smallest absolute Gasteiger partial charge is 0.328 e. The Morgan fingerprint density at radius 1 is 1.44 bits per heavy atom. The van der Waals surface area contributed by atoms with E-state index < -0.39 is 11.8 Å². The highest BCUT2D eigenvalue weighted by Crippen LogP contribution is 2.24. The van der Waals surface area contributed by atoms with Crippen LogP contribution in [0.15, 0.2) is 33.2 Å². The second kappa shape index (κ2) is 5.09. The molecule has 0 saturated carbocycles. The molecule has 5 nitrogen and oxygen atoms in total. The lowest BCUT2D eigenvalue weighted by molar-refractivity contribution is -0.131. The zero-order valence-corrected chi connectivity index (χ0v) is 10.4. The maximum absolute atomic E-state index is 13.0. The average molecular weight is 313 g/mol. The van der Waals surface area contributed by atoms with Crippen LogP contribution in [0.1, 0.15) is 5.89 Å². The van der Waals surface area contributed by atoms with Gasteiger partial charge in [0.1, 0.15) is 5.82 Å². The molecule has 7 heteroatoms. The molecule has 2 rings (SSSR count). The van der Waals surface area contributed by atoms with E-state index in [1.54, 1.807) is 0 Å². The van der Waals surface area contributed by atoms with E-state index in [2.05, 4.69) is 26.1 Å². The van der Waals surface area contributed by atoms with Gasteiger partial charge < -0.3 is 9.52 Å². The normalized spacial score (nSPS) is 11.0. The molecule has 0 aliphatic heterocycles. The number of aliphatic carboxylic acids is 1. The van der Waals surface area contributed by atoms with Crippen LogP contribution in [0.25, 0.3) is 17.5 Å². The number of nitrogens with zero attached hydrogens (tertiary/aromatic N) is 2. The Morgan fingerprint density at radius 3 is 2.89 bits per heavy atom. The predicted molar refractivity (Wildman–Crippen MR) is 64.1 cm³/mol. The van der Waals surface area contributed by atoms with Gasteiger partial charge in [0.2, 0.25) is 11.8 Å². The molecule has 0 bridgehead atoms. The molecule has 18 heavy (non-hydrogen) atoms. The fourth-order valence-corrected chi connectivity index (χ4v) is 1.57. The van der Waals surface area contributed by atoms with E-state index in [1.807, 2.05) is 0 Å². The summed E-state index contributed by atoms with van der Waals surface area (Å²) in [6.07, 6.45) is 2.06. The second-order valence-electron chi connectivity index (χ2n) is 3.25. The van der Waals surface area contributed by atoms with E-state index in [-0.39, 0.29) is 16.3 Å². The number of aromatic nitrogens is 2. The van der Waals surface area contributed by atoms with Gasteiger partial charge in [-0.25, -0.2) is 9.18 Å². The quantitative estimate of drug-likeness (QED) is 0.882. The first-order valence-corrected chi connectivity index (χ1v) is 5.55. The standard InChI is InChI=1S/C11H6BrFN2O3/c12-7-5-6(1-2-8(7)13)11-15-14-9(18-11)3-4-10(16)17/h1-5H,(H,16,17)/b4-3+. The maximum Gasteiger partial charge on any atom is 0.328 e. The molecular formula is C11H6BrFN2O3. The lowest BCUT2D eigenvalue weighted by Gasteiger charge is -1.96. The van der Waals surface area contributed by atoms with Crippen molar-refractivity contribution in [1.82, 2.24) is 10.2 Å². The Kier molecular flexibility index (Phi) is 3.52. The van der Waals surface area contributed by atoms with Crippen LogP contribution in [-0.2, 0) is 4.79 Å². The summed E-state index contributed by atoms with van der Waals surface area (Å²) in [7, 11) is 0. The number of carboxylic acids is 1. The topological polar surface area (TPSA) is 76.2 Å². The van der Waals surface area contributed by atoms with Gasteiger partial charge in [-0.05, 0) is 34.1 Å². The fraction of sp³-hybridized carbons (Fsp3) is 0. The molecular weight excluding hydrogens is 307 g/mol. The summed E-state index contributed by atoms with van der Waals surface area (Å²) in [4.78, 5) is 10.3. The lowest BCUT2D eigenvalue weighted by Crippen LogP contribution is -1.85. The molecule has 0 saturated heterocycles. The van der Waals surface area contributed by atoms with Gasteiger partial charge in [0, 0.05) is 17.7 Å². The van der Waals surface area contributed by atoms with Crippen molar-refractivity contribution in [2.24, 2.45) is 0 Å². The molecule has 0 unspecified atom stereocenters. The van der Waals surface area contributed by atoms with Crippen molar-refractivity contribution in [3.05, 3.63) is 40.5 Å². The molecule has 1 heterocycles. The monoisotopic (exact) mass is 312 g/mol. The number of hydrogen-bond donors (Lipinski definition) is 1. The first-order chi connectivity index (χ1) is 8.56. The number of rotatable bonds is 3. The summed E-state index contributed by atoms with van der Waals surface area (Å²) in [6.45, 7) is 0. The molecule has 0 spiro atoms. The zero-order chi connectivity index (χ0) is 13.1. The Balaban J connectivity index is 2.29. The highest BCUT2D eigenvalue weighted by molar-refractivity contribution is 9.10. The van der Waals surface area contributed by atoms with Crippen molar-refractivity contribution >= 4 is 28.0 Å². The average Bonchev–Trinajstić information content (AvgIpc) is 2.79. The lowest BCUT2D eigenvalue weighted by atomic mass is 10.2. The first-order valence-electron chi connectivity index (χ1n) is 4.76. The third-order valence-electron chi connectivity index (χ3n) is 1.98. The summed E-state index contributed by atoms with van der Waals surface area (Å²) in [5.41, 5.74) is 0.533. The zero-order valence-electron chi connectivity index (χ0n) is 8.80. The van der Waals surface area contributed by atoms with Crippen LogP contribution in [-0.4, -0.2) is 21.3 Å². The molecule has 92 valence electrons. The molecule has 1 aromatic carbocycles. The minimum atomic E-state index is -1.11. The van der Waals surface area contributed by atoms with E-state index in [0.29, 0.717) is 5.56 Å². The van der Waals surface area contributed by atoms with Gasteiger partial charge in [-0.2, -0.15) is 0 Å². The third kappa shape index (κ3) is 2.80. The number of benzene rings is 1. The summed E-state index contributed by atoms with van der Waals surface area (Å²) in [6, 6.07) is 4.24. The molecule has 1 N–H and O–H groups in total. The summed E-state index contributed by atoms with van der Waals surface area (Å²) >= 11 is 3.04. The van der Waals surface area contributed by atoms with Crippen LogP contribution in [0.3, 0.4) is 0 Å². The highest BCUT2D eigenvalue weighted by atomic mass is 79.9. The van der Waals surface area contributed by atoms with Crippen molar-refractivity contribution < 1.29 is 18.7 Å². The van der Waals surface area contributed by atoms with Crippen LogP contribution in [0, 0.1) is 5.82 Å². The largest absolute Gasteiger partial charge is 0.478 e. The van der Waals surface area contributed by atoms with Gasteiger partial charge in [0.25, 0.3) is 0 Å². The second-order valence-corrected chi connectivity index (χ2v) is 4.10. The Morgan fingerprint density at radius 2 is 2.22 bits per heavy atom. The van der Waals surface area contributed by atoms with E-state index in [4.69, 9.17) is 9.52 Å². The van der Waals surface area contributed by atoms with Gasteiger partial charge in [-0.15, -0.1) is 10.2 Å². The van der Waals surface area contributed by atoms with E-state index in [9.17, 15) is 9.18 Å². The summed E-state index contributed by atoms with van der Waals surface area (Å²) < 4.78 is 18.5. The van der Waals surface area contributed by atoms with Crippen LogP contribution in [0.5, 0.6) is 0 Å². The van der Waals surface area contributed by atoms with E-state index >= 15 is 0 Å². The third-order valence-corrected chi connectivity index (χ3v) is 2.58. The first kappa shape index (κ1) is 12.4. The molecule has 2 aromatic rings. The predicted octanol–water partition coefficient (Wildman–Crippen LogP) is 2.74. The van der Waals surface area contributed by atoms with Crippen LogP contribution in [0.4, 0.5) is 4.39 Å². The van der Waals surface area contributed by atoms with Crippen molar-refractivity contribution in [1.29, 1.82) is 0 Å². The molecule has 0 aliphatic carbocycles. The summed E-state index contributed by atoms with van der Waals surface area (Å²) in [5.74, 6) is -1.27. The number of hydrogen-bond acceptors (Lipinski definition) is 4. The van der Waals surface area contributed by atoms with E-state index in [1.165, 1.54) is 24.3 Å². The Labute approximate surface area is 109 Å². The van der Waals surface area contributed by atoms with Crippen molar-refractivity contribution in [2.75, 3.05) is 0 Å². The van der Waals surface area contributed by atoms with Gasteiger partial charge in [-0.3, -0.25) is 0 Å². The van der Waals surface area contributed by atoms with Gasteiger partial charge >= 0.3 is 5.97 Å². The van der Waals surface area contributed by atoms with Crippen LogP contribution < -0.4 is 0 Å². The summed E-state index contributed by atoms with van der Waals surface area (Å²) in [5, 5.41) is 15.8. The van der Waals surface area contributed by atoms with Gasteiger partial charge in [-0.1, -0.05) is 0 Å². The van der Waals surface area contributed by atoms with Crippen LogP contribution in [0.2, 0.25) is 0 Å². The molecule has 0 radical (unpaired) electrons. The van der Waals surface area contributed by atoms with Crippen molar-refractivity contribution in [2.45, 2.75) is 0 Å². The van der Waals surface area contributed by atoms with Crippen molar-refractivity contribution in [3.63, 3.8) is 0 Å². The minimum Gasteiger partial charge on any atom is -0.478 e. The molecule has 1 aromatic heterocycles. The van der Waals surface area contributed by atoms with Gasteiger partial charge in [0.15, 0.2) is 0 Å².